The lowest BCUT2D eigenvalue weighted by Gasteiger charge is -2.07. The molecule has 1 heterocycles. The van der Waals surface area contributed by atoms with Crippen molar-refractivity contribution in [2.24, 2.45) is 5.92 Å². The molecule has 0 unspecified atom stereocenters. The van der Waals surface area contributed by atoms with Crippen LogP contribution in [0.15, 0.2) is 24.4 Å². The van der Waals surface area contributed by atoms with Crippen LogP contribution in [0.2, 0.25) is 0 Å². The van der Waals surface area contributed by atoms with Gasteiger partial charge in [-0.05, 0) is 36.8 Å². The predicted octanol–water partition coefficient (Wildman–Crippen LogP) is 4.60. The molecule has 0 aliphatic heterocycles. The van der Waals surface area contributed by atoms with Gasteiger partial charge >= 0.3 is 0 Å². The third kappa shape index (κ3) is 2.11. The number of hydrogen-bond donors (Lipinski definition) is 1. The van der Waals surface area contributed by atoms with Crippen LogP contribution < -0.4 is 0 Å². The number of hydrogen-bond acceptors (Lipinski definition) is 0. The fraction of sp³-hybridized carbons (Fsp3) is 0.500. The quantitative estimate of drug-likeness (QED) is 0.788. The van der Waals surface area contributed by atoms with Gasteiger partial charge in [-0.25, -0.2) is 0 Å². The van der Waals surface area contributed by atoms with Gasteiger partial charge in [-0.15, -0.1) is 0 Å². The first kappa shape index (κ1) is 10.9. The monoisotopic (exact) mass is 227 g/mol. The van der Waals surface area contributed by atoms with Crippen LogP contribution in [0.4, 0.5) is 0 Å². The third-order valence-corrected chi connectivity index (χ3v) is 4.31. The number of fused-ring (bicyclic) bond motifs is 1. The van der Waals surface area contributed by atoms with Gasteiger partial charge in [0.1, 0.15) is 0 Å². The van der Waals surface area contributed by atoms with Crippen LogP contribution in [0.1, 0.15) is 43.2 Å². The Labute approximate surface area is 103 Å². The number of H-pyrrole nitrogens is 1. The van der Waals surface area contributed by atoms with Crippen LogP contribution in [-0.2, 0) is 6.42 Å². The summed E-state index contributed by atoms with van der Waals surface area (Å²) >= 11 is 0. The van der Waals surface area contributed by atoms with Gasteiger partial charge in [-0.2, -0.15) is 0 Å². The molecule has 90 valence electrons. The van der Waals surface area contributed by atoms with E-state index in [1.807, 2.05) is 0 Å². The molecule has 2 aromatic rings. The molecule has 0 atom stereocenters. The van der Waals surface area contributed by atoms with Gasteiger partial charge in [-0.3, -0.25) is 0 Å². The summed E-state index contributed by atoms with van der Waals surface area (Å²) in [5.74, 6) is 0.991. The zero-order valence-electron chi connectivity index (χ0n) is 10.6. The maximum absolute atomic E-state index is 3.43. The molecule has 1 aliphatic rings. The Bertz CT molecular complexity index is 503. The van der Waals surface area contributed by atoms with Gasteiger partial charge in [0.05, 0.1) is 0 Å². The second-order valence-electron chi connectivity index (χ2n) is 5.50. The number of para-hydroxylation sites is 1. The highest BCUT2D eigenvalue weighted by Crippen LogP contribution is 2.30. The molecule has 1 fully saturated rings. The van der Waals surface area contributed by atoms with E-state index in [-0.39, 0.29) is 0 Å². The van der Waals surface area contributed by atoms with E-state index in [0.717, 1.165) is 5.92 Å². The summed E-state index contributed by atoms with van der Waals surface area (Å²) in [7, 11) is 0. The van der Waals surface area contributed by atoms with Crippen LogP contribution >= 0.6 is 0 Å². The van der Waals surface area contributed by atoms with E-state index in [2.05, 4.69) is 36.3 Å². The van der Waals surface area contributed by atoms with E-state index in [4.69, 9.17) is 0 Å². The standard InChI is InChI=1S/C16H21N/c1-12-5-4-8-15-14(11-17-16(12)15)10-9-13-6-2-3-7-13/h4-5,8,11,13,17H,2-3,6-7,9-10H2,1H3. The van der Waals surface area contributed by atoms with E-state index < -0.39 is 0 Å². The topological polar surface area (TPSA) is 15.8 Å². The molecular weight excluding hydrogens is 206 g/mol. The molecule has 1 heteroatoms. The fourth-order valence-corrected chi connectivity index (χ4v) is 3.23. The van der Waals surface area contributed by atoms with Crippen molar-refractivity contribution in [3.05, 3.63) is 35.5 Å². The lowest BCUT2D eigenvalue weighted by molar-refractivity contribution is 0.504. The largest absolute Gasteiger partial charge is 0.361 e. The first-order valence-corrected chi connectivity index (χ1v) is 6.90. The molecule has 0 radical (unpaired) electrons. The third-order valence-electron chi connectivity index (χ3n) is 4.31. The number of aryl methyl sites for hydroxylation is 2. The Balaban J connectivity index is 1.78. The minimum Gasteiger partial charge on any atom is -0.361 e. The maximum atomic E-state index is 3.43. The minimum absolute atomic E-state index is 0.991. The van der Waals surface area contributed by atoms with Crippen molar-refractivity contribution in [2.75, 3.05) is 0 Å². The smallest absolute Gasteiger partial charge is 0.0486 e. The van der Waals surface area contributed by atoms with E-state index in [9.17, 15) is 0 Å². The molecule has 0 saturated heterocycles. The molecule has 1 aromatic heterocycles. The van der Waals surface area contributed by atoms with Crippen molar-refractivity contribution in [3.63, 3.8) is 0 Å². The Morgan fingerprint density at radius 1 is 1.24 bits per heavy atom. The number of rotatable bonds is 3. The van der Waals surface area contributed by atoms with Crippen molar-refractivity contribution < 1.29 is 0 Å². The van der Waals surface area contributed by atoms with Gasteiger partial charge in [0, 0.05) is 17.1 Å². The number of nitrogens with one attached hydrogen (secondary N) is 1. The Hall–Kier alpha value is -1.24. The number of aromatic amines is 1. The molecule has 1 nitrogen and oxygen atoms in total. The molecule has 1 saturated carbocycles. The molecule has 0 spiro atoms. The van der Waals surface area contributed by atoms with Gasteiger partial charge in [0.2, 0.25) is 0 Å². The first-order valence-electron chi connectivity index (χ1n) is 6.90. The summed E-state index contributed by atoms with van der Waals surface area (Å²) in [6.45, 7) is 2.18. The fourth-order valence-electron chi connectivity index (χ4n) is 3.23. The number of benzene rings is 1. The van der Waals surface area contributed by atoms with Gasteiger partial charge < -0.3 is 4.98 Å². The highest BCUT2D eigenvalue weighted by atomic mass is 14.7. The molecular formula is C16H21N. The average Bonchev–Trinajstić information content (AvgIpc) is 2.95. The molecule has 1 aliphatic carbocycles. The lowest BCUT2D eigenvalue weighted by atomic mass is 9.97. The summed E-state index contributed by atoms with van der Waals surface area (Å²) in [6.07, 6.45) is 10.7. The van der Waals surface area contributed by atoms with E-state index >= 15 is 0 Å². The van der Waals surface area contributed by atoms with Crippen molar-refractivity contribution in [2.45, 2.75) is 45.4 Å². The molecule has 3 rings (SSSR count). The zero-order chi connectivity index (χ0) is 11.7. The van der Waals surface area contributed by atoms with Crippen molar-refractivity contribution in [1.82, 2.24) is 4.98 Å². The highest BCUT2D eigenvalue weighted by molar-refractivity contribution is 5.85. The van der Waals surface area contributed by atoms with Crippen LogP contribution in [0.25, 0.3) is 10.9 Å². The predicted molar refractivity (Wildman–Crippen MR) is 73.3 cm³/mol. The van der Waals surface area contributed by atoms with Crippen molar-refractivity contribution >= 4 is 10.9 Å². The van der Waals surface area contributed by atoms with Crippen LogP contribution in [0.3, 0.4) is 0 Å². The normalized spacial score (nSPS) is 17.0. The Kier molecular flexibility index (Phi) is 2.92. The molecule has 17 heavy (non-hydrogen) atoms. The SMILES string of the molecule is Cc1cccc2c(CCC3CCCC3)c[nH]c12. The summed E-state index contributed by atoms with van der Waals surface area (Å²) in [4.78, 5) is 3.43. The van der Waals surface area contributed by atoms with E-state index in [0.29, 0.717) is 0 Å². The maximum Gasteiger partial charge on any atom is 0.0486 e. The van der Waals surface area contributed by atoms with Crippen LogP contribution in [0.5, 0.6) is 0 Å². The van der Waals surface area contributed by atoms with Crippen molar-refractivity contribution in [3.8, 4) is 0 Å². The van der Waals surface area contributed by atoms with Crippen LogP contribution in [-0.4, -0.2) is 4.98 Å². The summed E-state index contributed by atoms with van der Waals surface area (Å²) in [5, 5.41) is 1.43. The highest BCUT2D eigenvalue weighted by Gasteiger charge is 2.15. The first-order chi connectivity index (χ1) is 8.34. The molecule has 1 aromatic carbocycles. The van der Waals surface area contributed by atoms with E-state index in [1.165, 1.54) is 60.6 Å². The van der Waals surface area contributed by atoms with Gasteiger partial charge in [0.25, 0.3) is 0 Å². The minimum atomic E-state index is 0.991. The number of aromatic nitrogens is 1. The van der Waals surface area contributed by atoms with Gasteiger partial charge in [-0.1, -0.05) is 43.9 Å². The van der Waals surface area contributed by atoms with Gasteiger partial charge in [0.15, 0.2) is 0 Å². The van der Waals surface area contributed by atoms with E-state index in [1.54, 1.807) is 0 Å². The molecule has 0 bridgehead atoms. The van der Waals surface area contributed by atoms with Crippen molar-refractivity contribution in [1.29, 1.82) is 0 Å². The second-order valence-corrected chi connectivity index (χ2v) is 5.50. The Morgan fingerprint density at radius 2 is 2.06 bits per heavy atom. The molecule has 0 amide bonds. The average molecular weight is 227 g/mol. The summed E-state index contributed by atoms with van der Waals surface area (Å²) < 4.78 is 0. The molecule has 1 N–H and O–H groups in total. The summed E-state index contributed by atoms with van der Waals surface area (Å²) in [6, 6.07) is 6.60. The second kappa shape index (κ2) is 4.56. The van der Waals surface area contributed by atoms with Crippen LogP contribution in [0, 0.1) is 12.8 Å². The zero-order valence-corrected chi connectivity index (χ0v) is 10.6. The summed E-state index contributed by atoms with van der Waals surface area (Å²) in [5.41, 5.74) is 4.19. The Morgan fingerprint density at radius 3 is 2.88 bits per heavy atom. The lowest BCUT2D eigenvalue weighted by Crippen LogP contribution is -1.95.